The van der Waals surface area contributed by atoms with E-state index in [1.54, 1.807) is 13.1 Å². The molecule has 1 aromatic rings. The third-order valence-corrected chi connectivity index (χ3v) is 1.90. The Morgan fingerprint density at radius 2 is 2.17 bits per heavy atom. The standard InChI is InChI=1S/C10H14NO/c1-8-3-4-9(5-6-11-2)7-10(8)12/h3-4,7,12H,5-6H2,1-2H3/q-1. The number of hydrogen-bond acceptors (Lipinski definition) is 1. The van der Waals surface area contributed by atoms with Gasteiger partial charge in [-0.1, -0.05) is 12.1 Å². The summed E-state index contributed by atoms with van der Waals surface area (Å²) in [6.07, 6.45) is 0.907. The predicted molar refractivity (Wildman–Crippen MR) is 50.7 cm³/mol. The van der Waals surface area contributed by atoms with Crippen LogP contribution in [0.15, 0.2) is 18.2 Å². The van der Waals surface area contributed by atoms with Gasteiger partial charge in [0.1, 0.15) is 5.75 Å². The number of hydrogen-bond donors (Lipinski definition) is 1. The highest BCUT2D eigenvalue weighted by molar-refractivity contribution is 5.35. The minimum absolute atomic E-state index is 0.378. The molecule has 0 bridgehead atoms. The van der Waals surface area contributed by atoms with Gasteiger partial charge in [0.15, 0.2) is 0 Å². The van der Waals surface area contributed by atoms with Crippen molar-refractivity contribution >= 4 is 0 Å². The number of likely N-dealkylation sites (N-methyl/N-ethyl adjacent to an activating group) is 1. The van der Waals surface area contributed by atoms with E-state index in [4.69, 9.17) is 0 Å². The van der Waals surface area contributed by atoms with Gasteiger partial charge in [0.25, 0.3) is 0 Å². The van der Waals surface area contributed by atoms with Crippen LogP contribution < -0.4 is 0 Å². The van der Waals surface area contributed by atoms with Gasteiger partial charge in [-0.15, -0.1) is 6.54 Å². The van der Waals surface area contributed by atoms with Crippen molar-refractivity contribution in [1.29, 1.82) is 0 Å². The first kappa shape index (κ1) is 9.07. The Balaban J connectivity index is 2.69. The maximum absolute atomic E-state index is 9.37. The molecule has 0 atom stereocenters. The minimum Gasteiger partial charge on any atom is -0.665 e. The van der Waals surface area contributed by atoms with Crippen molar-refractivity contribution in [3.8, 4) is 5.75 Å². The summed E-state index contributed by atoms with van der Waals surface area (Å²) in [5.41, 5.74) is 2.07. The molecule has 0 aliphatic rings. The largest absolute Gasteiger partial charge is 0.665 e. The van der Waals surface area contributed by atoms with Crippen LogP contribution in [0.1, 0.15) is 11.1 Å². The molecule has 0 aromatic heterocycles. The average Bonchev–Trinajstić information content (AvgIpc) is 2.07. The van der Waals surface area contributed by atoms with Crippen LogP contribution in [0.5, 0.6) is 5.75 Å². The molecule has 0 radical (unpaired) electrons. The summed E-state index contributed by atoms with van der Waals surface area (Å²) < 4.78 is 0. The van der Waals surface area contributed by atoms with Gasteiger partial charge in [0, 0.05) is 0 Å². The van der Waals surface area contributed by atoms with Gasteiger partial charge in [0.05, 0.1) is 0 Å². The molecule has 0 spiro atoms. The van der Waals surface area contributed by atoms with Gasteiger partial charge in [-0.3, -0.25) is 0 Å². The van der Waals surface area contributed by atoms with Crippen LogP contribution in [-0.2, 0) is 6.42 Å². The van der Waals surface area contributed by atoms with Gasteiger partial charge in [-0.05, 0) is 30.5 Å². The van der Waals surface area contributed by atoms with Gasteiger partial charge < -0.3 is 10.4 Å². The maximum Gasteiger partial charge on any atom is 0.118 e. The van der Waals surface area contributed by atoms with Crippen LogP contribution in [-0.4, -0.2) is 18.7 Å². The van der Waals surface area contributed by atoms with Crippen molar-refractivity contribution in [2.75, 3.05) is 13.6 Å². The number of benzene rings is 1. The van der Waals surface area contributed by atoms with Crippen molar-refractivity contribution in [2.45, 2.75) is 13.3 Å². The van der Waals surface area contributed by atoms with Crippen LogP contribution in [0, 0.1) is 6.92 Å². The fraction of sp³-hybridized carbons (Fsp3) is 0.400. The summed E-state index contributed by atoms with van der Waals surface area (Å²) in [6.45, 7) is 2.71. The topological polar surface area (TPSA) is 34.3 Å². The highest BCUT2D eigenvalue weighted by Crippen LogP contribution is 2.17. The summed E-state index contributed by atoms with van der Waals surface area (Å²) in [4.78, 5) is 0. The second-order valence-electron chi connectivity index (χ2n) is 2.91. The Morgan fingerprint density at radius 3 is 2.75 bits per heavy atom. The normalized spacial score (nSPS) is 10.2. The number of aryl methyl sites for hydroxylation is 1. The van der Waals surface area contributed by atoms with Crippen molar-refractivity contribution in [3.63, 3.8) is 0 Å². The van der Waals surface area contributed by atoms with E-state index < -0.39 is 0 Å². The molecule has 0 fully saturated rings. The second-order valence-corrected chi connectivity index (χ2v) is 2.91. The Hall–Kier alpha value is -1.02. The van der Waals surface area contributed by atoms with Crippen molar-refractivity contribution in [1.82, 2.24) is 0 Å². The van der Waals surface area contributed by atoms with Crippen LogP contribution in [0.2, 0.25) is 0 Å². The molecule has 1 N–H and O–H groups in total. The molecular weight excluding hydrogens is 150 g/mol. The predicted octanol–water partition coefficient (Wildman–Crippen LogP) is 2.25. The summed E-state index contributed by atoms with van der Waals surface area (Å²) >= 11 is 0. The third kappa shape index (κ3) is 2.24. The van der Waals surface area contributed by atoms with Gasteiger partial charge in [-0.25, -0.2) is 0 Å². The van der Waals surface area contributed by atoms with E-state index in [1.807, 2.05) is 19.1 Å². The van der Waals surface area contributed by atoms with Gasteiger partial charge >= 0.3 is 0 Å². The number of rotatable bonds is 3. The second kappa shape index (κ2) is 4.12. The summed E-state index contributed by atoms with van der Waals surface area (Å²) in [6, 6.07) is 5.76. The van der Waals surface area contributed by atoms with Crippen molar-refractivity contribution in [2.24, 2.45) is 0 Å². The quantitative estimate of drug-likeness (QED) is 0.730. The fourth-order valence-corrected chi connectivity index (χ4v) is 1.05. The lowest BCUT2D eigenvalue weighted by Crippen LogP contribution is -1.90. The highest BCUT2D eigenvalue weighted by atomic mass is 16.3. The van der Waals surface area contributed by atoms with E-state index in [0.29, 0.717) is 5.75 Å². The van der Waals surface area contributed by atoms with E-state index in [2.05, 4.69) is 5.32 Å². The highest BCUT2D eigenvalue weighted by Gasteiger charge is 1.95. The van der Waals surface area contributed by atoms with Crippen LogP contribution >= 0.6 is 0 Å². The van der Waals surface area contributed by atoms with Gasteiger partial charge in [0.2, 0.25) is 0 Å². The third-order valence-electron chi connectivity index (χ3n) is 1.90. The molecule has 1 aromatic carbocycles. The SMILES string of the molecule is C[N-]CCc1ccc(C)c(O)c1. The van der Waals surface area contributed by atoms with Crippen molar-refractivity contribution < 1.29 is 5.11 Å². The van der Waals surface area contributed by atoms with E-state index in [-0.39, 0.29) is 0 Å². The molecule has 0 heterocycles. The molecule has 12 heavy (non-hydrogen) atoms. The molecule has 1 rings (SSSR count). The van der Waals surface area contributed by atoms with E-state index in [9.17, 15) is 5.11 Å². The summed E-state index contributed by atoms with van der Waals surface area (Å²) in [5, 5.41) is 13.4. The number of aromatic hydroxyl groups is 1. The Bertz CT molecular complexity index is 258. The molecule has 0 saturated heterocycles. The molecule has 0 saturated carbocycles. The van der Waals surface area contributed by atoms with Crippen LogP contribution in [0.4, 0.5) is 0 Å². The summed E-state index contributed by atoms with van der Waals surface area (Å²) in [7, 11) is 1.80. The minimum atomic E-state index is 0.378. The first-order chi connectivity index (χ1) is 5.74. The maximum atomic E-state index is 9.37. The number of nitrogens with zero attached hydrogens (tertiary/aromatic N) is 1. The van der Waals surface area contributed by atoms with Crippen molar-refractivity contribution in [3.05, 3.63) is 34.6 Å². The number of phenols is 1. The lowest BCUT2D eigenvalue weighted by molar-refractivity contribution is 0.470. The lowest BCUT2D eigenvalue weighted by Gasteiger charge is -2.10. The molecule has 66 valence electrons. The van der Waals surface area contributed by atoms with E-state index in [1.165, 1.54) is 0 Å². The molecule has 0 unspecified atom stereocenters. The first-order valence-electron chi connectivity index (χ1n) is 4.08. The Kier molecular flexibility index (Phi) is 3.11. The van der Waals surface area contributed by atoms with E-state index in [0.717, 1.165) is 24.1 Å². The molecule has 0 aliphatic heterocycles. The van der Waals surface area contributed by atoms with Crippen LogP contribution in [0.25, 0.3) is 5.32 Å². The lowest BCUT2D eigenvalue weighted by atomic mass is 10.1. The summed E-state index contributed by atoms with van der Waals surface area (Å²) in [5.74, 6) is 0.378. The first-order valence-corrected chi connectivity index (χ1v) is 4.08. The monoisotopic (exact) mass is 164 g/mol. The molecular formula is C10H14NO-. The van der Waals surface area contributed by atoms with E-state index >= 15 is 0 Å². The average molecular weight is 164 g/mol. The smallest absolute Gasteiger partial charge is 0.118 e. The Labute approximate surface area is 73.2 Å². The molecule has 0 aliphatic carbocycles. The fourth-order valence-electron chi connectivity index (χ4n) is 1.05. The zero-order valence-corrected chi connectivity index (χ0v) is 7.54. The van der Waals surface area contributed by atoms with Gasteiger partial charge in [-0.2, -0.15) is 7.05 Å². The Morgan fingerprint density at radius 1 is 1.42 bits per heavy atom. The molecule has 2 heteroatoms. The molecule has 0 amide bonds. The molecule has 2 nitrogen and oxygen atoms in total. The zero-order valence-electron chi connectivity index (χ0n) is 7.54. The zero-order chi connectivity index (χ0) is 8.97. The number of phenolic OH excluding ortho intramolecular Hbond substituents is 1. The van der Waals surface area contributed by atoms with Crippen LogP contribution in [0.3, 0.4) is 0 Å².